The Morgan fingerprint density at radius 1 is 1.03 bits per heavy atom. The van der Waals surface area contributed by atoms with E-state index in [1.807, 2.05) is 36.1 Å². The third kappa shape index (κ3) is 4.66. The molecule has 2 amide bonds. The molecule has 30 heavy (non-hydrogen) atoms. The lowest BCUT2D eigenvalue weighted by molar-refractivity contribution is -0.147. The molecular weight excluding hydrogens is 376 g/mol. The van der Waals surface area contributed by atoms with E-state index >= 15 is 0 Å². The summed E-state index contributed by atoms with van der Waals surface area (Å²) in [4.78, 5) is 29.1. The molecule has 0 N–H and O–H groups in total. The molecule has 1 fully saturated rings. The number of nitrogens with zero attached hydrogens (tertiary/aromatic N) is 2. The quantitative estimate of drug-likeness (QED) is 0.726. The van der Waals surface area contributed by atoms with Crippen molar-refractivity contribution < 1.29 is 14.3 Å². The van der Waals surface area contributed by atoms with Gasteiger partial charge in [-0.2, -0.15) is 0 Å². The van der Waals surface area contributed by atoms with Crippen molar-refractivity contribution >= 4 is 11.8 Å². The fraction of sp³-hybridized carbons (Fsp3) is 0.440. The summed E-state index contributed by atoms with van der Waals surface area (Å²) >= 11 is 0. The summed E-state index contributed by atoms with van der Waals surface area (Å²) < 4.78 is 5.23. The van der Waals surface area contributed by atoms with Crippen LogP contribution in [0.25, 0.3) is 11.1 Å². The minimum absolute atomic E-state index is 0.107. The van der Waals surface area contributed by atoms with Crippen LogP contribution in [0.2, 0.25) is 0 Å². The molecule has 0 spiro atoms. The summed E-state index contributed by atoms with van der Waals surface area (Å²) in [5.74, 6) is 1.07. The fourth-order valence-corrected chi connectivity index (χ4v) is 4.43. The van der Waals surface area contributed by atoms with Crippen molar-refractivity contribution in [1.82, 2.24) is 9.80 Å². The molecule has 5 nitrogen and oxygen atoms in total. The highest BCUT2D eigenvalue weighted by atomic mass is 16.5. The molecule has 3 rings (SSSR count). The molecule has 0 radical (unpaired) electrons. The van der Waals surface area contributed by atoms with Crippen molar-refractivity contribution in [2.75, 3.05) is 34.3 Å². The Labute approximate surface area is 179 Å². The van der Waals surface area contributed by atoms with E-state index in [0.29, 0.717) is 19.4 Å². The first-order valence-electron chi connectivity index (χ1n) is 10.6. The second-order valence-electron chi connectivity index (χ2n) is 8.35. The van der Waals surface area contributed by atoms with Crippen LogP contribution in [0.3, 0.4) is 0 Å². The first-order valence-corrected chi connectivity index (χ1v) is 10.6. The van der Waals surface area contributed by atoms with Gasteiger partial charge in [-0.05, 0) is 48.1 Å². The van der Waals surface area contributed by atoms with Gasteiger partial charge in [0, 0.05) is 33.6 Å². The summed E-state index contributed by atoms with van der Waals surface area (Å²) in [6, 6.07) is 16.4. The molecule has 1 heterocycles. The third-order valence-electron chi connectivity index (χ3n) is 6.01. The predicted molar refractivity (Wildman–Crippen MR) is 119 cm³/mol. The SMILES string of the molecule is CCC(=O)N1CCCC(Cc2ccc(-c3ccc(OC)cc3)cc2)(C(=O)N(C)C)C1. The molecule has 0 bridgehead atoms. The van der Waals surface area contributed by atoms with Gasteiger partial charge < -0.3 is 14.5 Å². The van der Waals surface area contributed by atoms with Gasteiger partial charge in [-0.1, -0.05) is 43.3 Å². The molecule has 1 saturated heterocycles. The second-order valence-corrected chi connectivity index (χ2v) is 8.35. The number of hydrogen-bond donors (Lipinski definition) is 0. The van der Waals surface area contributed by atoms with Gasteiger partial charge in [-0.3, -0.25) is 9.59 Å². The van der Waals surface area contributed by atoms with Crippen LogP contribution in [0.1, 0.15) is 31.7 Å². The van der Waals surface area contributed by atoms with Crippen LogP contribution < -0.4 is 4.74 Å². The Bertz CT molecular complexity index is 874. The Kier molecular flexibility index (Phi) is 6.80. The second kappa shape index (κ2) is 9.33. The number of amides is 2. The first kappa shape index (κ1) is 21.9. The number of carbonyl (C=O) groups is 2. The highest BCUT2D eigenvalue weighted by molar-refractivity contribution is 5.84. The molecular formula is C25H32N2O3. The molecule has 1 aliphatic heterocycles. The lowest BCUT2D eigenvalue weighted by atomic mass is 9.73. The van der Waals surface area contributed by atoms with Gasteiger partial charge >= 0.3 is 0 Å². The van der Waals surface area contributed by atoms with Crippen LogP contribution in [0, 0.1) is 5.41 Å². The maximum atomic E-state index is 13.2. The lowest BCUT2D eigenvalue weighted by Crippen LogP contribution is -2.54. The van der Waals surface area contributed by atoms with Crippen LogP contribution >= 0.6 is 0 Å². The molecule has 2 aromatic carbocycles. The average molecular weight is 409 g/mol. The Hall–Kier alpha value is -2.82. The van der Waals surface area contributed by atoms with E-state index < -0.39 is 5.41 Å². The summed E-state index contributed by atoms with van der Waals surface area (Å²) in [6.07, 6.45) is 2.77. The highest BCUT2D eigenvalue weighted by Crippen LogP contribution is 2.36. The zero-order valence-corrected chi connectivity index (χ0v) is 18.5. The molecule has 0 aliphatic carbocycles. The van der Waals surface area contributed by atoms with E-state index in [1.165, 1.54) is 0 Å². The maximum Gasteiger partial charge on any atom is 0.230 e. The Morgan fingerprint density at radius 3 is 2.17 bits per heavy atom. The first-order chi connectivity index (χ1) is 14.4. The average Bonchev–Trinajstić information content (AvgIpc) is 2.78. The normalized spacial score (nSPS) is 18.7. The van der Waals surface area contributed by atoms with Gasteiger partial charge in [0.2, 0.25) is 11.8 Å². The number of rotatable bonds is 6. The molecule has 0 aromatic heterocycles. The topological polar surface area (TPSA) is 49.9 Å². The molecule has 160 valence electrons. The van der Waals surface area contributed by atoms with Crippen LogP contribution in [-0.4, -0.2) is 55.9 Å². The number of benzene rings is 2. The molecule has 1 unspecified atom stereocenters. The van der Waals surface area contributed by atoms with Gasteiger partial charge in [0.1, 0.15) is 5.75 Å². The van der Waals surface area contributed by atoms with Crippen molar-refractivity contribution in [2.24, 2.45) is 5.41 Å². The van der Waals surface area contributed by atoms with Crippen LogP contribution in [0.4, 0.5) is 0 Å². The standard InChI is InChI=1S/C25H32N2O3/c1-5-23(28)27-16-6-15-25(18-27,24(29)26(2)3)17-19-7-9-20(10-8-19)21-11-13-22(30-4)14-12-21/h7-14H,5-6,15-18H2,1-4H3. The molecule has 1 aliphatic rings. The van der Waals surface area contributed by atoms with Crippen LogP contribution in [0.5, 0.6) is 5.75 Å². The minimum Gasteiger partial charge on any atom is -0.497 e. The van der Waals surface area contributed by atoms with Crippen molar-refractivity contribution in [3.05, 3.63) is 54.1 Å². The zero-order chi connectivity index (χ0) is 21.7. The van der Waals surface area contributed by atoms with Gasteiger partial charge in [-0.15, -0.1) is 0 Å². The summed E-state index contributed by atoms with van der Waals surface area (Å²) in [6.45, 7) is 3.12. The van der Waals surface area contributed by atoms with E-state index in [9.17, 15) is 9.59 Å². The number of carbonyl (C=O) groups excluding carboxylic acids is 2. The van der Waals surface area contributed by atoms with Crippen LogP contribution in [0.15, 0.2) is 48.5 Å². The number of ether oxygens (including phenoxy) is 1. The largest absolute Gasteiger partial charge is 0.497 e. The maximum absolute atomic E-state index is 13.2. The van der Waals surface area contributed by atoms with Crippen molar-refractivity contribution in [1.29, 1.82) is 0 Å². The molecule has 1 atom stereocenters. The summed E-state index contributed by atoms with van der Waals surface area (Å²) in [5.41, 5.74) is 2.81. The predicted octanol–water partition coefficient (Wildman–Crippen LogP) is 4.01. The van der Waals surface area contributed by atoms with Gasteiger partial charge in [-0.25, -0.2) is 0 Å². The number of piperidine rings is 1. The number of hydrogen-bond acceptors (Lipinski definition) is 3. The van der Waals surface area contributed by atoms with Gasteiger partial charge in [0.25, 0.3) is 0 Å². The van der Waals surface area contributed by atoms with E-state index in [-0.39, 0.29) is 11.8 Å². The highest BCUT2D eigenvalue weighted by Gasteiger charge is 2.44. The fourth-order valence-electron chi connectivity index (χ4n) is 4.43. The molecule has 0 saturated carbocycles. The monoisotopic (exact) mass is 408 g/mol. The van der Waals surface area contributed by atoms with Gasteiger partial charge in [0.05, 0.1) is 12.5 Å². The lowest BCUT2D eigenvalue weighted by Gasteiger charge is -2.43. The van der Waals surface area contributed by atoms with Crippen LogP contribution in [-0.2, 0) is 16.0 Å². The minimum atomic E-state index is -0.561. The Balaban J connectivity index is 1.83. The van der Waals surface area contributed by atoms with Gasteiger partial charge in [0.15, 0.2) is 0 Å². The van der Waals surface area contributed by atoms with Crippen molar-refractivity contribution in [3.63, 3.8) is 0 Å². The smallest absolute Gasteiger partial charge is 0.230 e. The summed E-state index contributed by atoms with van der Waals surface area (Å²) in [7, 11) is 5.27. The summed E-state index contributed by atoms with van der Waals surface area (Å²) in [5, 5.41) is 0. The molecule has 2 aromatic rings. The van der Waals surface area contributed by atoms with E-state index in [0.717, 1.165) is 41.8 Å². The van der Waals surface area contributed by atoms with E-state index in [2.05, 4.69) is 24.3 Å². The van der Waals surface area contributed by atoms with Crippen molar-refractivity contribution in [2.45, 2.75) is 32.6 Å². The number of methoxy groups -OCH3 is 1. The zero-order valence-electron chi connectivity index (χ0n) is 18.5. The molecule has 5 heteroatoms. The Morgan fingerprint density at radius 2 is 1.63 bits per heavy atom. The van der Waals surface area contributed by atoms with Crippen molar-refractivity contribution in [3.8, 4) is 16.9 Å². The van der Waals surface area contributed by atoms with E-state index in [1.54, 1.807) is 26.1 Å². The number of likely N-dealkylation sites (tertiary alicyclic amines) is 1. The third-order valence-corrected chi connectivity index (χ3v) is 6.01. The van der Waals surface area contributed by atoms with E-state index in [4.69, 9.17) is 4.74 Å².